The molecule has 1 aliphatic heterocycles. The number of rotatable bonds is 4. The van der Waals surface area contributed by atoms with E-state index < -0.39 is 0 Å². The first kappa shape index (κ1) is 12.6. The van der Waals surface area contributed by atoms with Gasteiger partial charge in [-0.15, -0.1) is 0 Å². The molecule has 0 bridgehead atoms. The zero-order chi connectivity index (χ0) is 12.3. The highest BCUT2D eigenvalue weighted by Gasteiger charge is 2.20. The van der Waals surface area contributed by atoms with Gasteiger partial charge in [0.2, 0.25) is 0 Å². The van der Waals surface area contributed by atoms with Crippen LogP contribution in [0, 0.1) is 19.8 Å². The maximum Gasteiger partial charge on any atom is 0.138 e. The second-order valence-corrected chi connectivity index (χ2v) is 5.08. The molecule has 1 aromatic heterocycles. The Morgan fingerprint density at radius 2 is 2.06 bits per heavy atom. The van der Waals surface area contributed by atoms with Gasteiger partial charge in [0, 0.05) is 12.1 Å². The smallest absolute Gasteiger partial charge is 0.138 e. The largest absolute Gasteiger partial charge is 0.361 e. The summed E-state index contributed by atoms with van der Waals surface area (Å²) in [4.78, 5) is 2.51. The highest BCUT2D eigenvalue weighted by molar-refractivity contribution is 5.20. The Hall–Kier alpha value is -0.870. The van der Waals surface area contributed by atoms with Crippen molar-refractivity contribution in [2.75, 3.05) is 26.7 Å². The molecule has 2 rings (SSSR count). The number of likely N-dealkylation sites (tertiary alicyclic amines) is 1. The molecule has 96 valence electrons. The molecule has 0 atom stereocenters. The third kappa shape index (κ3) is 3.07. The molecular weight excluding hydrogens is 214 g/mol. The lowest BCUT2D eigenvalue weighted by atomic mass is 9.96. The Labute approximate surface area is 103 Å². The summed E-state index contributed by atoms with van der Waals surface area (Å²) < 4.78 is 5.21. The van der Waals surface area contributed by atoms with Crippen LogP contribution in [0.5, 0.6) is 0 Å². The van der Waals surface area contributed by atoms with Gasteiger partial charge in [0.05, 0.1) is 5.69 Å². The summed E-state index contributed by atoms with van der Waals surface area (Å²) in [6.07, 6.45) is 2.59. The highest BCUT2D eigenvalue weighted by atomic mass is 16.5. The molecule has 1 N–H and O–H groups in total. The molecule has 1 aromatic rings. The summed E-state index contributed by atoms with van der Waals surface area (Å²) in [6.45, 7) is 8.56. The highest BCUT2D eigenvalue weighted by Crippen LogP contribution is 2.21. The normalized spacial score (nSPS) is 18.8. The molecule has 0 amide bonds. The van der Waals surface area contributed by atoms with Crippen LogP contribution in [0.15, 0.2) is 4.52 Å². The van der Waals surface area contributed by atoms with Crippen LogP contribution in [-0.4, -0.2) is 36.7 Å². The van der Waals surface area contributed by atoms with Crippen LogP contribution < -0.4 is 5.32 Å². The standard InChI is InChI=1S/C13H23N3O/c1-10-13(11(2)17-15-10)9-16-6-4-12(5-7-16)8-14-3/h12,14H,4-9H2,1-3H3. The number of aryl methyl sites for hydroxylation is 2. The van der Waals surface area contributed by atoms with E-state index in [2.05, 4.69) is 15.4 Å². The quantitative estimate of drug-likeness (QED) is 0.866. The van der Waals surface area contributed by atoms with E-state index in [1.165, 1.54) is 31.5 Å². The van der Waals surface area contributed by atoms with Crippen molar-refractivity contribution in [3.63, 3.8) is 0 Å². The van der Waals surface area contributed by atoms with E-state index in [-0.39, 0.29) is 0 Å². The van der Waals surface area contributed by atoms with E-state index >= 15 is 0 Å². The number of piperidine rings is 1. The van der Waals surface area contributed by atoms with Gasteiger partial charge in [0.25, 0.3) is 0 Å². The molecule has 4 heteroatoms. The third-order valence-corrected chi connectivity index (χ3v) is 3.76. The van der Waals surface area contributed by atoms with Crippen molar-refractivity contribution < 1.29 is 4.52 Å². The molecule has 0 saturated carbocycles. The summed E-state index contributed by atoms with van der Waals surface area (Å²) >= 11 is 0. The average molecular weight is 237 g/mol. The summed E-state index contributed by atoms with van der Waals surface area (Å²) in [6, 6.07) is 0. The van der Waals surface area contributed by atoms with E-state index in [0.29, 0.717) is 0 Å². The van der Waals surface area contributed by atoms with Crippen LogP contribution in [-0.2, 0) is 6.54 Å². The van der Waals surface area contributed by atoms with Gasteiger partial charge in [-0.2, -0.15) is 0 Å². The Balaban J connectivity index is 1.86. The molecule has 0 aliphatic carbocycles. The van der Waals surface area contributed by atoms with Crippen molar-refractivity contribution >= 4 is 0 Å². The second-order valence-electron chi connectivity index (χ2n) is 5.08. The predicted octanol–water partition coefficient (Wildman–Crippen LogP) is 1.72. The van der Waals surface area contributed by atoms with Crippen LogP contribution in [0.2, 0.25) is 0 Å². The fraction of sp³-hybridized carbons (Fsp3) is 0.769. The molecule has 1 fully saturated rings. The fourth-order valence-electron chi connectivity index (χ4n) is 2.59. The molecule has 17 heavy (non-hydrogen) atoms. The Morgan fingerprint density at radius 1 is 1.35 bits per heavy atom. The van der Waals surface area contributed by atoms with Gasteiger partial charge >= 0.3 is 0 Å². The fourth-order valence-corrected chi connectivity index (χ4v) is 2.59. The molecule has 0 radical (unpaired) electrons. The number of hydrogen-bond acceptors (Lipinski definition) is 4. The Morgan fingerprint density at radius 3 is 2.59 bits per heavy atom. The van der Waals surface area contributed by atoms with E-state index in [1.54, 1.807) is 0 Å². The molecule has 0 spiro atoms. The van der Waals surface area contributed by atoms with Crippen molar-refractivity contribution in [2.24, 2.45) is 5.92 Å². The molecule has 1 aliphatic rings. The lowest BCUT2D eigenvalue weighted by Crippen LogP contribution is -2.36. The van der Waals surface area contributed by atoms with Gasteiger partial charge in [-0.1, -0.05) is 5.16 Å². The van der Waals surface area contributed by atoms with Crippen molar-refractivity contribution in [2.45, 2.75) is 33.2 Å². The zero-order valence-electron chi connectivity index (χ0n) is 11.1. The molecule has 1 saturated heterocycles. The van der Waals surface area contributed by atoms with Gasteiger partial charge in [-0.25, -0.2) is 0 Å². The van der Waals surface area contributed by atoms with Crippen molar-refractivity contribution in [1.29, 1.82) is 0 Å². The minimum Gasteiger partial charge on any atom is -0.361 e. The summed E-state index contributed by atoms with van der Waals surface area (Å²) in [5.74, 6) is 1.82. The molecule has 0 unspecified atom stereocenters. The van der Waals surface area contributed by atoms with Crippen LogP contribution >= 0.6 is 0 Å². The SMILES string of the molecule is CNCC1CCN(Cc2c(C)noc2C)CC1. The van der Waals surface area contributed by atoms with E-state index in [9.17, 15) is 0 Å². The summed E-state index contributed by atoms with van der Waals surface area (Å²) in [5, 5.41) is 7.29. The zero-order valence-corrected chi connectivity index (χ0v) is 11.1. The first-order chi connectivity index (χ1) is 8.20. The number of nitrogens with zero attached hydrogens (tertiary/aromatic N) is 2. The van der Waals surface area contributed by atoms with Gasteiger partial charge in [-0.3, -0.25) is 4.90 Å². The van der Waals surface area contributed by atoms with E-state index in [0.717, 1.165) is 30.5 Å². The third-order valence-electron chi connectivity index (χ3n) is 3.76. The van der Waals surface area contributed by atoms with E-state index in [4.69, 9.17) is 4.52 Å². The first-order valence-corrected chi connectivity index (χ1v) is 6.49. The lowest BCUT2D eigenvalue weighted by molar-refractivity contribution is 0.176. The van der Waals surface area contributed by atoms with Crippen LogP contribution in [0.25, 0.3) is 0 Å². The number of hydrogen-bond donors (Lipinski definition) is 1. The van der Waals surface area contributed by atoms with Crippen molar-refractivity contribution in [1.82, 2.24) is 15.4 Å². The van der Waals surface area contributed by atoms with Gasteiger partial charge < -0.3 is 9.84 Å². The Bertz CT molecular complexity index is 334. The predicted molar refractivity (Wildman–Crippen MR) is 67.9 cm³/mol. The first-order valence-electron chi connectivity index (χ1n) is 6.49. The minimum absolute atomic E-state index is 0.848. The van der Waals surface area contributed by atoms with Gasteiger partial charge in [0.1, 0.15) is 5.76 Å². The average Bonchev–Trinajstić information content (AvgIpc) is 2.64. The summed E-state index contributed by atoms with van der Waals surface area (Å²) in [5.41, 5.74) is 2.32. The second kappa shape index (κ2) is 5.65. The van der Waals surface area contributed by atoms with Crippen LogP contribution in [0.3, 0.4) is 0 Å². The number of aromatic nitrogens is 1. The molecule has 2 heterocycles. The van der Waals surface area contributed by atoms with Gasteiger partial charge in [0.15, 0.2) is 0 Å². The number of nitrogens with one attached hydrogen (secondary N) is 1. The van der Waals surface area contributed by atoms with Crippen LogP contribution in [0.4, 0.5) is 0 Å². The van der Waals surface area contributed by atoms with Gasteiger partial charge in [-0.05, 0) is 59.3 Å². The maximum atomic E-state index is 5.21. The molecular formula is C13H23N3O. The maximum absolute atomic E-state index is 5.21. The minimum atomic E-state index is 0.848. The monoisotopic (exact) mass is 237 g/mol. The van der Waals surface area contributed by atoms with Crippen LogP contribution in [0.1, 0.15) is 29.9 Å². The van der Waals surface area contributed by atoms with Crippen molar-refractivity contribution in [3.05, 3.63) is 17.0 Å². The molecule has 0 aromatic carbocycles. The topological polar surface area (TPSA) is 41.3 Å². The Kier molecular flexibility index (Phi) is 4.18. The molecule has 4 nitrogen and oxygen atoms in total. The van der Waals surface area contributed by atoms with Crippen molar-refractivity contribution in [3.8, 4) is 0 Å². The lowest BCUT2D eigenvalue weighted by Gasteiger charge is -2.31. The van der Waals surface area contributed by atoms with E-state index in [1.807, 2.05) is 20.9 Å². The summed E-state index contributed by atoms with van der Waals surface area (Å²) in [7, 11) is 2.04.